The zero-order valence-electron chi connectivity index (χ0n) is 18.1. The third-order valence-corrected chi connectivity index (χ3v) is 6.02. The van der Waals surface area contributed by atoms with Gasteiger partial charge in [-0.15, -0.1) is 0 Å². The zero-order chi connectivity index (χ0) is 22.1. The van der Waals surface area contributed by atoms with Gasteiger partial charge < -0.3 is 20.1 Å². The number of aromatic nitrogens is 3. The van der Waals surface area contributed by atoms with Gasteiger partial charge in [-0.2, -0.15) is 10.4 Å². The summed E-state index contributed by atoms with van der Waals surface area (Å²) < 4.78 is 13.2. The number of ether oxygens (including phenoxy) is 2. The average Bonchev–Trinajstić information content (AvgIpc) is 3.44. The number of nitrogens with two attached hydrogens (primary N) is 1. The van der Waals surface area contributed by atoms with E-state index >= 15 is 0 Å². The van der Waals surface area contributed by atoms with Crippen LogP contribution in [-0.4, -0.2) is 46.6 Å². The minimum Gasteiger partial charge on any atom is -0.438 e. The molecule has 0 radical (unpaired) electrons. The summed E-state index contributed by atoms with van der Waals surface area (Å²) in [5, 5.41) is 14.0. The largest absolute Gasteiger partial charge is 0.438 e. The van der Waals surface area contributed by atoms with E-state index in [2.05, 4.69) is 21.1 Å². The molecule has 4 heterocycles. The molecule has 8 nitrogen and oxygen atoms in total. The molecule has 0 bridgehead atoms. The maximum Gasteiger partial charge on any atom is 0.219 e. The number of pyridine rings is 1. The van der Waals surface area contributed by atoms with E-state index in [1.165, 1.54) is 12.8 Å². The molecule has 0 aliphatic carbocycles. The normalized spacial score (nSPS) is 17.1. The highest BCUT2D eigenvalue weighted by Crippen LogP contribution is 2.35. The molecule has 5 rings (SSSR count). The smallest absolute Gasteiger partial charge is 0.219 e. The van der Waals surface area contributed by atoms with Crippen LogP contribution in [0.5, 0.6) is 11.6 Å². The van der Waals surface area contributed by atoms with Gasteiger partial charge in [0, 0.05) is 38.0 Å². The first kappa shape index (κ1) is 20.5. The van der Waals surface area contributed by atoms with Crippen LogP contribution in [0.15, 0.2) is 42.6 Å². The SMILES string of the molecule is Cn1nc(N2CCCC2)cc1Oc1cc(C#N)ccc1-c1ccc(CC2(N)COC2)cn1. The van der Waals surface area contributed by atoms with Crippen LogP contribution in [0.2, 0.25) is 0 Å². The summed E-state index contributed by atoms with van der Waals surface area (Å²) in [4.78, 5) is 6.91. The van der Waals surface area contributed by atoms with Crippen molar-refractivity contribution in [2.75, 3.05) is 31.2 Å². The van der Waals surface area contributed by atoms with Crippen molar-refractivity contribution in [2.45, 2.75) is 24.8 Å². The van der Waals surface area contributed by atoms with Crippen molar-refractivity contribution in [1.82, 2.24) is 14.8 Å². The van der Waals surface area contributed by atoms with Crippen molar-refractivity contribution in [3.63, 3.8) is 0 Å². The molecule has 2 aliphatic rings. The molecule has 2 aliphatic heterocycles. The molecule has 0 spiro atoms. The predicted octanol–water partition coefficient (Wildman–Crippen LogP) is 3.02. The van der Waals surface area contributed by atoms with Crippen LogP contribution in [0.4, 0.5) is 5.82 Å². The molecule has 2 aromatic heterocycles. The van der Waals surface area contributed by atoms with Gasteiger partial charge in [0.2, 0.25) is 5.88 Å². The second-order valence-corrected chi connectivity index (χ2v) is 8.67. The maximum atomic E-state index is 9.40. The molecular formula is C24H26N6O2. The first-order chi connectivity index (χ1) is 15.5. The fourth-order valence-corrected chi connectivity index (χ4v) is 4.19. The van der Waals surface area contributed by atoms with Crippen molar-refractivity contribution >= 4 is 5.82 Å². The van der Waals surface area contributed by atoms with Crippen LogP contribution in [0, 0.1) is 11.3 Å². The van der Waals surface area contributed by atoms with Gasteiger partial charge in [-0.3, -0.25) is 4.98 Å². The minimum atomic E-state index is -0.293. The Balaban J connectivity index is 1.42. The lowest BCUT2D eigenvalue weighted by Crippen LogP contribution is -2.58. The van der Waals surface area contributed by atoms with Gasteiger partial charge in [0.05, 0.1) is 36.1 Å². The molecule has 0 amide bonds. The van der Waals surface area contributed by atoms with E-state index in [1.54, 1.807) is 16.8 Å². The Morgan fingerprint density at radius 2 is 2.00 bits per heavy atom. The molecule has 3 aromatic rings. The maximum absolute atomic E-state index is 9.40. The summed E-state index contributed by atoms with van der Waals surface area (Å²) in [5.74, 6) is 2.11. The Labute approximate surface area is 187 Å². The number of rotatable bonds is 6. The van der Waals surface area contributed by atoms with Gasteiger partial charge >= 0.3 is 0 Å². The molecule has 2 saturated heterocycles. The van der Waals surface area contributed by atoms with Crippen LogP contribution in [0.3, 0.4) is 0 Å². The summed E-state index contributed by atoms with van der Waals surface area (Å²) >= 11 is 0. The molecule has 2 fully saturated rings. The van der Waals surface area contributed by atoms with E-state index in [-0.39, 0.29) is 5.54 Å². The molecule has 0 unspecified atom stereocenters. The Kier molecular flexibility index (Phi) is 5.29. The Morgan fingerprint density at radius 3 is 2.66 bits per heavy atom. The highest BCUT2D eigenvalue weighted by Gasteiger charge is 2.34. The standard InChI is InChI=1S/C24H26N6O2/c1-29-23(11-22(28-29)30-8-2-3-9-30)32-21-10-17(13-25)4-6-19(21)20-7-5-18(14-27-20)12-24(26)15-31-16-24/h4-7,10-11,14H,2-3,8-9,12,15-16,26H2,1H3. The third kappa shape index (κ3) is 4.05. The van der Waals surface area contributed by atoms with Crippen molar-refractivity contribution in [3.05, 3.63) is 53.7 Å². The van der Waals surface area contributed by atoms with Crippen LogP contribution < -0.4 is 15.4 Å². The van der Waals surface area contributed by atoms with Crippen LogP contribution >= 0.6 is 0 Å². The van der Waals surface area contributed by atoms with Gasteiger partial charge in [0.1, 0.15) is 5.75 Å². The summed E-state index contributed by atoms with van der Waals surface area (Å²) in [6.07, 6.45) is 4.94. The number of nitrogens with zero attached hydrogens (tertiary/aromatic N) is 5. The number of benzene rings is 1. The predicted molar refractivity (Wildman–Crippen MR) is 121 cm³/mol. The minimum absolute atomic E-state index is 0.293. The number of anilines is 1. The van der Waals surface area contributed by atoms with E-state index in [1.807, 2.05) is 37.5 Å². The van der Waals surface area contributed by atoms with Gasteiger partial charge in [-0.25, -0.2) is 4.68 Å². The molecule has 1 aromatic carbocycles. The topological polar surface area (TPSA) is 102 Å². The molecule has 2 N–H and O–H groups in total. The molecule has 164 valence electrons. The highest BCUT2D eigenvalue weighted by atomic mass is 16.5. The van der Waals surface area contributed by atoms with E-state index in [9.17, 15) is 5.26 Å². The van der Waals surface area contributed by atoms with Crippen molar-refractivity contribution < 1.29 is 9.47 Å². The third-order valence-electron chi connectivity index (χ3n) is 6.02. The van der Waals surface area contributed by atoms with E-state index < -0.39 is 0 Å². The zero-order valence-corrected chi connectivity index (χ0v) is 18.1. The van der Waals surface area contributed by atoms with E-state index in [4.69, 9.17) is 15.2 Å². The monoisotopic (exact) mass is 430 g/mol. The average molecular weight is 431 g/mol. The Hall–Kier alpha value is -3.41. The molecule has 0 saturated carbocycles. The van der Waals surface area contributed by atoms with Gasteiger partial charge in [-0.1, -0.05) is 6.07 Å². The highest BCUT2D eigenvalue weighted by molar-refractivity contribution is 5.69. The lowest BCUT2D eigenvalue weighted by molar-refractivity contribution is -0.0529. The summed E-state index contributed by atoms with van der Waals surface area (Å²) in [5.41, 5.74) is 9.15. The first-order valence-electron chi connectivity index (χ1n) is 10.9. The van der Waals surface area contributed by atoms with Crippen molar-refractivity contribution in [2.24, 2.45) is 12.8 Å². The molecule has 32 heavy (non-hydrogen) atoms. The molecule has 8 heteroatoms. The second kappa shape index (κ2) is 8.26. The number of aryl methyl sites for hydroxylation is 1. The summed E-state index contributed by atoms with van der Waals surface area (Å²) in [6, 6.07) is 13.5. The fraction of sp³-hybridized carbons (Fsp3) is 0.375. The lowest BCUT2D eigenvalue weighted by Gasteiger charge is -2.37. The number of hydrogen-bond acceptors (Lipinski definition) is 7. The van der Waals surface area contributed by atoms with Gasteiger partial charge in [0.25, 0.3) is 0 Å². The second-order valence-electron chi connectivity index (χ2n) is 8.67. The van der Waals surface area contributed by atoms with Crippen LogP contribution in [0.1, 0.15) is 24.0 Å². The van der Waals surface area contributed by atoms with Crippen LogP contribution in [-0.2, 0) is 18.2 Å². The van der Waals surface area contributed by atoms with E-state index in [0.29, 0.717) is 30.4 Å². The lowest BCUT2D eigenvalue weighted by atomic mass is 9.91. The van der Waals surface area contributed by atoms with Gasteiger partial charge in [0.15, 0.2) is 5.82 Å². The Morgan fingerprint density at radius 1 is 1.19 bits per heavy atom. The summed E-state index contributed by atoms with van der Waals surface area (Å²) in [7, 11) is 1.86. The summed E-state index contributed by atoms with van der Waals surface area (Å²) in [6.45, 7) is 3.18. The van der Waals surface area contributed by atoms with Crippen LogP contribution in [0.25, 0.3) is 11.3 Å². The molecular weight excluding hydrogens is 404 g/mol. The fourth-order valence-electron chi connectivity index (χ4n) is 4.19. The first-order valence-corrected chi connectivity index (χ1v) is 10.9. The quantitative estimate of drug-likeness (QED) is 0.641. The van der Waals surface area contributed by atoms with Crippen molar-refractivity contribution in [1.29, 1.82) is 5.26 Å². The Bertz CT molecular complexity index is 1150. The van der Waals surface area contributed by atoms with Crippen molar-refractivity contribution in [3.8, 4) is 29.0 Å². The number of hydrogen-bond donors (Lipinski definition) is 1. The van der Waals surface area contributed by atoms with Gasteiger partial charge in [-0.05, 0) is 49.1 Å². The molecule has 0 atom stereocenters. The van der Waals surface area contributed by atoms with E-state index in [0.717, 1.165) is 42.1 Å². The number of nitriles is 1.